The van der Waals surface area contributed by atoms with Gasteiger partial charge in [0, 0.05) is 25.3 Å². The first kappa shape index (κ1) is 11.3. The summed E-state index contributed by atoms with van der Waals surface area (Å²) in [6.45, 7) is 1.75. The number of hydrogen-bond acceptors (Lipinski definition) is 3. The Morgan fingerprint density at radius 2 is 2.33 bits per heavy atom. The molecule has 1 amide bonds. The minimum atomic E-state index is 0.353. The molecule has 15 heavy (non-hydrogen) atoms. The van der Waals surface area contributed by atoms with E-state index in [-0.39, 0.29) is 0 Å². The molecule has 2 heterocycles. The number of rotatable bonds is 2. The molecule has 0 aliphatic carbocycles. The van der Waals surface area contributed by atoms with Crippen molar-refractivity contribution in [2.24, 2.45) is 0 Å². The lowest BCUT2D eigenvalue weighted by Gasteiger charge is -2.34. The monoisotopic (exact) mass is 229 g/mol. The molecule has 0 aromatic heterocycles. The quantitative estimate of drug-likeness (QED) is 0.724. The molecule has 2 rings (SSSR count). The van der Waals surface area contributed by atoms with Crippen molar-refractivity contribution in [3.8, 4) is 0 Å². The molecule has 0 aromatic rings. The van der Waals surface area contributed by atoms with Gasteiger partial charge in [0.2, 0.25) is 5.91 Å². The summed E-state index contributed by atoms with van der Waals surface area (Å²) in [5, 5.41) is 0.931. The van der Waals surface area contributed by atoms with Crippen LogP contribution in [0.4, 0.5) is 0 Å². The molecule has 0 aromatic carbocycles. The molecule has 3 nitrogen and oxygen atoms in total. The zero-order valence-electron chi connectivity index (χ0n) is 9.28. The van der Waals surface area contributed by atoms with E-state index < -0.39 is 0 Å². The van der Waals surface area contributed by atoms with Crippen LogP contribution in [0, 0.1) is 0 Å². The Morgan fingerprint density at radius 1 is 1.47 bits per heavy atom. The highest BCUT2D eigenvalue weighted by Gasteiger charge is 2.32. The summed E-state index contributed by atoms with van der Waals surface area (Å²) in [6, 6.07) is 0. The summed E-state index contributed by atoms with van der Waals surface area (Å²) >= 11 is 1.94. The van der Waals surface area contributed by atoms with Gasteiger partial charge >= 0.3 is 0 Å². The van der Waals surface area contributed by atoms with Gasteiger partial charge in [-0.3, -0.25) is 4.79 Å². The molecule has 0 spiro atoms. The first-order valence-electron chi connectivity index (χ1n) is 5.75. The average Bonchev–Trinajstić information content (AvgIpc) is 2.40. The lowest BCUT2D eigenvalue weighted by atomic mass is 10.1. The van der Waals surface area contributed by atoms with Crippen LogP contribution in [0.2, 0.25) is 0 Å². The normalized spacial score (nSPS) is 32.3. The maximum atomic E-state index is 11.9. The Labute approximate surface area is 95.5 Å². The summed E-state index contributed by atoms with van der Waals surface area (Å²) in [4.78, 5) is 14.0. The minimum Gasteiger partial charge on any atom is -0.384 e. The fourth-order valence-electron chi connectivity index (χ4n) is 2.35. The summed E-state index contributed by atoms with van der Waals surface area (Å²) in [5.41, 5.74) is 0. The van der Waals surface area contributed by atoms with Crippen LogP contribution < -0.4 is 0 Å². The SMILES string of the molecule is COCC1CCC(=O)N2CCCCC2S1. The fourth-order valence-corrected chi connectivity index (χ4v) is 3.94. The Hall–Kier alpha value is -0.220. The van der Waals surface area contributed by atoms with Gasteiger partial charge in [0.15, 0.2) is 0 Å². The molecular weight excluding hydrogens is 210 g/mol. The molecule has 0 N–H and O–H groups in total. The fraction of sp³-hybridized carbons (Fsp3) is 0.909. The number of thioether (sulfide) groups is 1. The third-order valence-corrected chi connectivity index (χ3v) is 4.71. The van der Waals surface area contributed by atoms with Crippen LogP contribution in [0.25, 0.3) is 0 Å². The smallest absolute Gasteiger partial charge is 0.223 e. The van der Waals surface area contributed by atoms with Gasteiger partial charge in [-0.2, -0.15) is 0 Å². The van der Waals surface area contributed by atoms with Crippen LogP contribution in [-0.4, -0.2) is 41.7 Å². The average molecular weight is 229 g/mol. The topological polar surface area (TPSA) is 29.5 Å². The van der Waals surface area contributed by atoms with E-state index >= 15 is 0 Å². The number of piperidine rings is 1. The first-order valence-corrected chi connectivity index (χ1v) is 6.69. The van der Waals surface area contributed by atoms with Crippen molar-refractivity contribution < 1.29 is 9.53 Å². The van der Waals surface area contributed by atoms with E-state index in [1.807, 2.05) is 11.8 Å². The van der Waals surface area contributed by atoms with Crippen LogP contribution in [0.3, 0.4) is 0 Å². The van der Waals surface area contributed by atoms with Crippen LogP contribution in [0.5, 0.6) is 0 Å². The summed E-state index contributed by atoms with van der Waals surface area (Å²) in [5.74, 6) is 0.353. The summed E-state index contributed by atoms with van der Waals surface area (Å²) in [6.07, 6.45) is 5.29. The lowest BCUT2D eigenvalue weighted by Crippen LogP contribution is -2.41. The molecule has 0 radical (unpaired) electrons. The van der Waals surface area contributed by atoms with Gasteiger partial charge in [-0.15, -0.1) is 11.8 Å². The number of hydrogen-bond donors (Lipinski definition) is 0. The molecule has 2 unspecified atom stereocenters. The van der Waals surface area contributed by atoms with Gasteiger partial charge in [-0.1, -0.05) is 0 Å². The van der Waals surface area contributed by atoms with E-state index in [9.17, 15) is 4.79 Å². The predicted molar refractivity (Wildman–Crippen MR) is 61.8 cm³/mol. The number of carbonyl (C=O) groups excluding carboxylic acids is 1. The van der Waals surface area contributed by atoms with Crippen molar-refractivity contribution in [3.63, 3.8) is 0 Å². The maximum Gasteiger partial charge on any atom is 0.223 e. The molecule has 2 aliphatic heterocycles. The first-order chi connectivity index (χ1) is 7.31. The lowest BCUT2D eigenvalue weighted by molar-refractivity contribution is -0.132. The summed E-state index contributed by atoms with van der Waals surface area (Å²) < 4.78 is 5.20. The van der Waals surface area contributed by atoms with Gasteiger partial charge < -0.3 is 9.64 Å². The minimum absolute atomic E-state index is 0.353. The maximum absolute atomic E-state index is 11.9. The van der Waals surface area contributed by atoms with Crippen molar-refractivity contribution in [3.05, 3.63) is 0 Å². The van der Waals surface area contributed by atoms with E-state index in [2.05, 4.69) is 4.90 Å². The number of amides is 1. The molecule has 0 bridgehead atoms. The van der Waals surface area contributed by atoms with Crippen molar-refractivity contribution >= 4 is 17.7 Å². The highest BCUT2D eigenvalue weighted by Crippen LogP contribution is 2.34. The number of methoxy groups -OCH3 is 1. The molecule has 0 saturated carbocycles. The van der Waals surface area contributed by atoms with E-state index in [0.29, 0.717) is 23.0 Å². The van der Waals surface area contributed by atoms with E-state index in [1.165, 1.54) is 12.8 Å². The van der Waals surface area contributed by atoms with Gasteiger partial charge in [0.05, 0.1) is 12.0 Å². The summed E-state index contributed by atoms with van der Waals surface area (Å²) in [7, 11) is 1.74. The third-order valence-electron chi connectivity index (χ3n) is 3.15. The van der Waals surface area contributed by atoms with Crippen molar-refractivity contribution in [1.82, 2.24) is 4.90 Å². The van der Waals surface area contributed by atoms with E-state index in [4.69, 9.17) is 4.74 Å². The number of carbonyl (C=O) groups is 1. The highest BCUT2D eigenvalue weighted by atomic mass is 32.2. The number of ether oxygens (including phenoxy) is 1. The van der Waals surface area contributed by atoms with Gasteiger partial charge in [0.1, 0.15) is 0 Å². The molecule has 2 atom stereocenters. The zero-order valence-corrected chi connectivity index (χ0v) is 10.1. The zero-order chi connectivity index (χ0) is 10.7. The second-order valence-corrected chi connectivity index (χ2v) is 5.77. The Kier molecular flexibility index (Phi) is 3.92. The molecular formula is C11H19NO2S. The van der Waals surface area contributed by atoms with Crippen LogP contribution in [0.1, 0.15) is 32.1 Å². The second kappa shape index (κ2) is 5.21. The van der Waals surface area contributed by atoms with E-state index in [1.54, 1.807) is 7.11 Å². The second-order valence-electron chi connectivity index (χ2n) is 4.29. The van der Waals surface area contributed by atoms with Crippen molar-refractivity contribution in [2.45, 2.75) is 42.7 Å². The van der Waals surface area contributed by atoms with Crippen LogP contribution in [0.15, 0.2) is 0 Å². The Balaban J connectivity index is 2.01. The number of fused-ring (bicyclic) bond motifs is 1. The Bertz CT molecular complexity index is 235. The van der Waals surface area contributed by atoms with Gasteiger partial charge in [-0.25, -0.2) is 0 Å². The number of nitrogens with zero attached hydrogens (tertiary/aromatic N) is 1. The van der Waals surface area contributed by atoms with Crippen molar-refractivity contribution in [1.29, 1.82) is 0 Å². The molecule has 86 valence electrons. The molecule has 2 saturated heterocycles. The predicted octanol–water partition coefficient (Wildman–Crippen LogP) is 1.87. The molecule has 2 fully saturated rings. The standard InChI is InChI=1S/C11H19NO2S/c1-14-8-9-5-6-10(13)12-7-3-2-4-11(12)15-9/h9,11H,2-8H2,1H3. The molecule has 2 aliphatic rings. The van der Waals surface area contributed by atoms with Crippen LogP contribution in [-0.2, 0) is 9.53 Å². The van der Waals surface area contributed by atoms with Gasteiger partial charge in [0.25, 0.3) is 0 Å². The van der Waals surface area contributed by atoms with E-state index in [0.717, 1.165) is 26.0 Å². The van der Waals surface area contributed by atoms with Crippen LogP contribution >= 0.6 is 11.8 Å². The van der Waals surface area contributed by atoms with Crippen molar-refractivity contribution in [2.75, 3.05) is 20.3 Å². The van der Waals surface area contributed by atoms with Gasteiger partial charge in [-0.05, 0) is 25.7 Å². The largest absolute Gasteiger partial charge is 0.384 e. The third kappa shape index (κ3) is 2.67. The highest BCUT2D eigenvalue weighted by molar-refractivity contribution is 8.00. The molecule has 4 heteroatoms. The Morgan fingerprint density at radius 3 is 3.13 bits per heavy atom.